The van der Waals surface area contributed by atoms with Gasteiger partial charge in [-0.2, -0.15) is 0 Å². The number of aryl methyl sites for hydroxylation is 2. The third-order valence-corrected chi connectivity index (χ3v) is 8.16. The van der Waals surface area contributed by atoms with Crippen molar-refractivity contribution in [3.8, 4) is 0 Å². The van der Waals surface area contributed by atoms with Gasteiger partial charge >= 0.3 is 0 Å². The highest BCUT2D eigenvalue weighted by molar-refractivity contribution is 7.99. The number of amides is 1. The van der Waals surface area contributed by atoms with Gasteiger partial charge in [0.05, 0.1) is 26.6 Å². The molecule has 1 amide bonds. The topological polar surface area (TPSA) is 79.0 Å². The fourth-order valence-corrected chi connectivity index (χ4v) is 5.84. The van der Waals surface area contributed by atoms with Crippen LogP contribution >= 0.6 is 34.4 Å². The lowest BCUT2D eigenvalue weighted by molar-refractivity contribution is -0.117. The number of aromatic nitrogens is 3. The first kappa shape index (κ1) is 20.1. The molecule has 1 aromatic carbocycles. The Hall–Kier alpha value is -2.23. The van der Waals surface area contributed by atoms with Gasteiger partial charge in [-0.3, -0.25) is 14.5 Å². The van der Waals surface area contributed by atoms with Gasteiger partial charge in [0.25, 0.3) is 5.56 Å². The number of thiophene rings is 1. The summed E-state index contributed by atoms with van der Waals surface area (Å²) in [4.78, 5) is 40.7. The molecule has 0 spiro atoms. The molecule has 0 saturated carbocycles. The monoisotopic (exact) mass is 444 g/mol. The first-order chi connectivity index (χ1) is 13.8. The Kier molecular flexibility index (Phi) is 5.46. The molecule has 150 valence electrons. The molecule has 6 nitrogen and oxygen atoms in total. The Morgan fingerprint density at radius 2 is 2.00 bits per heavy atom. The summed E-state index contributed by atoms with van der Waals surface area (Å²) in [5.74, 6) is 1.03. The number of aromatic amines is 1. The van der Waals surface area contributed by atoms with Crippen molar-refractivity contribution in [2.24, 2.45) is 0 Å². The second-order valence-electron chi connectivity index (χ2n) is 6.79. The van der Waals surface area contributed by atoms with Crippen LogP contribution in [0.1, 0.15) is 23.2 Å². The molecule has 0 unspecified atom stereocenters. The van der Waals surface area contributed by atoms with Crippen LogP contribution in [-0.4, -0.2) is 33.2 Å². The van der Waals surface area contributed by atoms with Crippen LogP contribution < -0.4 is 10.5 Å². The Morgan fingerprint density at radius 1 is 1.24 bits per heavy atom. The number of hydrogen-bond acceptors (Lipinski definition) is 7. The molecule has 0 aliphatic heterocycles. The van der Waals surface area contributed by atoms with E-state index in [9.17, 15) is 9.59 Å². The molecular weight excluding hydrogens is 424 g/mol. The summed E-state index contributed by atoms with van der Waals surface area (Å²) in [7, 11) is 1.75. The van der Waals surface area contributed by atoms with E-state index in [2.05, 4.69) is 15.0 Å². The van der Waals surface area contributed by atoms with Crippen molar-refractivity contribution in [3.05, 3.63) is 50.9 Å². The fourth-order valence-electron chi connectivity index (χ4n) is 3.01. The zero-order valence-corrected chi connectivity index (χ0v) is 18.9. The lowest BCUT2D eigenvalue weighted by Gasteiger charge is -2.18. The minimum atomic E-state index is -0.292. The molecule has 0 bridgehead atoms. The number of carbonyl (C=O) groups is 1. The number of nitrogens with zero attached hydrogens (tertiary/aromatic N) is 3. The summed E-state index contributed by atoms with van der Waals surface area (Å²) in [5, 5.41) is 1.06. The van der Waals surface area contributed by atoms with Crippen molar-refractivity contribution in [3.63, 3.8) is 0 Å². The molecule has 0 aliphatic carbocycles. The minimum absolute atomic E-state index is 0.0275. The number of rotatable bonds is 5. The molecule has 3 aromatic heterocycles. The van der Waals surface area contributed by atoms with Crippen LogP contribution in [0.3, 0.4) is 0 Å². The Bertz CT molecular complexity index is 1240. The lowest BCUT2D eigenvalue weighted by Crippen LogP contribution is -2.33. The SMILES string of the molecule is Cc1sc2nc(CS[C@@H](C)C(=O)N(C)c3nc4ccccc4s3)[nH]c(=O)c2c1C. The second-order valence-corrected chi connectivity index (χ2v) is 10.3. The normalized spacial score (nSPS) is 12.6. The van der Waals surface area contributed by atoms with Crippen molar-refractivity contribution in [1.29, 1.82) is 0 Å². The summed E-state index contributed by atoms with van der Waals surface area (Å²) in [5.41, 5.74) is 1.76. The highest BCUT2D eigenvalue weighted by atomic mass is 32.2. The fraction of sp³-hybridized carbons (Fsp3) is 0.300. The first-order valence-corrected chi connectivity index (χ1v) is 11.8. The molecule has 1 N–H and O–H groups in total. The van der Waals surface area contributed by atoms with Crippen LogP contribution in [0.5, 0.6) is 0 Å². The summed E-state index contributed by atoms with van der Waals surface area (Å²) < 4.78 is 1.05. The predicted molar refractivity (Wildman–Crippen MR) is 124 cm³/mol. The van der Waals surface area contributed by atoms with E-state index in [1.54, 1.807) is 11.9 Å². The molecule has 0 fully saturated rings. The van der Waals surface area contributed by atoms with E-state index in [0.717, 1.165) is 25.5 Å². The Balaban J connectivity index is 1.47. The first-order valence-electron chi connectivity index (χ1n) is 9.08. The number of nitrogens with one attached hydrogen (secondary N) is 1. The van der Waals surface area contributed by atoms with E-state index in [-0.39, 0.29) is 16.7 Å². The summed E-state index contributed by atoms with van der Waals surface area (Å²) >= 11 is 4.48. The third kappa shape index (κ3) is 3.82. The second kappa shape index (κ2) is 7.89. The van der Waals surface area contributed by atoms with Crippen molar-refractivity contribution in [1.82, 2.24) is 15.0 Å². The van der Waals surface area contributed by atoms with E-state index in [4.69, 9.17) is 0 Å². The largest absolute Gasteiger partial charge is 0.309 e. The van der Waals surface area contributed by atoms with Crippen LogP contribution in [0, 0.1) is 13.8 Å². The number of hydrogen-bond donors (Lipinski definition) is 1. The lowest BCUT2D eigenvalue weighted by atomic mass is 10.2. The number of H-pyrrole nitrogens is 1. The molecule has 0 radical (unpaired) electrons. The number of para-hydroxylation sites is 1. The zero-order valence-electron chi connectivity index (χ0n) is 16.5. The number of benzene rings is 1. The van der Waals surface area contributed by atoms with Crippen LogP contribution in [-0.2, 0) is 10.5 Å². The molecule has 0 aliphatic rings. The van der Waals surface area contributed by atoms with E-state index in [1.165, 1.54) is 34.4 Å². The van der Waals surface area contributed by atoms with Gasteiger partial charge in [-0.25, -0.2) is 9.97 Å². The maximum atomic E-state index is 12.9. The highest BCUT2D eigenvalue weighted by Gasteiger charge is 2.22. The van der Waals surface area contributed by atoms with Gasteiger partial charge in [0.2, 0.25) is 5.91 Å². The molecular formula is C20H20N4O2S3. The van der Waals surface area contributed by atoms with E-state index >= 15 is 0 Å². The predicted octanol–water partition coefficient (Wildman–Crippen LogP) is 4.50. The van der Waals surface area contributed by atoms with Gasteiger partial charge < -0.3 is 4.98 Å². The number of carbonyl (C=O) groups excluding carboxylic acids is 1. The standard InChI is InChI=1S/C20H20N4O2S3/c1-10-11(2)28-18-16(10)17(25)22-15(23-18)9-27-12(3)19(26)24(4)20-21-13-7-5-6-8-14(13)29-20/h5-8,12H,9H2,1-4H3,(H,22,23,25)/t12-/m0/s1. The zero-order chi connectivity index (χ0) is 20.7. The Morgan fingerprint density at radius 3 is 2.76 bits per heavy atom. The van der Waals surface area contributed by atoms with Gasteiger partial charge in [0, 0.05) is 11.9 Å². The maximum Gasteiger partial charge on any atom is 0.259 e. The minimum Gasteiger partial charge on any atom is -0.309 e. The molecule has 9 heteroatoms. The highest BCUT2D eigenvalue weighted by Crippen LogP contribution is 2.30. The van der Waals surface area contributed by atoms with Crippen molar-refractivity contribution < 1.29 is 4.79 Å². The van der Waals surface area contributed by atoms with Gasteiger partial charge in [-0.05, 0) is 38.5 Å². The van der Waals surface area contributed by atoms with Gasteiger partial charge in [-0.1, -0.05) is 23.5 Å². The molecule has 3 heterocycles. The third-order valence-electron chi connectivity index (χ3n) is 4.81. The molecule has 29 heavy (non-hydrogen) atoms. The average molecular weight is 445 g/mol. The number of fused-ring (bicyclic) bond motifs is 2. The summed E-state index contributed by atoms with van der Waals surface area (Å²) in [6.45, 7) is 5.80. The van der Waals surface area contributed by atoms with Crippen molar-refractivity contribution >= 4 is 65.9 Å². The molecule has 0 saturated heterocycles. The van der Waals surface area contributed by atoms with E-state index in [1.807, 2.05) is 45.0 Å². The van der Waals surface area contributed by atoms with Crippen LogP contribution in [0.25, 0.3) is 20.4 Å². The maximum absolute atomic E-state index is 12.9. The molecule has 4 aromatic rings. The van der Waals surface area contributed by atoms with Gasteiger partial charge in [-0.15, -0.1) is 23.1 Å². The van der Waals surface area contributed by atoms with E-state index in [0.29, 0.717) is 22.1 Å². The quantitative estimate of drug-likeness (QED) is 0.490. The summed E-state index contributed by atoms with van der Waals surface area (Å²) in [6.07, 6.45) is 0. The van der Waals surface area contributed by atoms with Crippen molar-refractivity contribution in [2.45, 2.75) is 31.8 Å². The van der Waals surface area contributed by atoms with Gasteiger partial charge in [0.15, 0.2) is 5.13 Å². The number of thiazole rings is 1. The van der Waals surface area contributed by atoms with Crippen LogP contribution in [0.15, 0.2) is 29.1 Å². The summed E-state index contributed by atoms with van der Waals surface area (Å²) in [6, 6.07) is 7.84. The van der Waals surface area contributed by atoms with Crippen molar-refractivity contribution in [2.75, 3.05) is 11.9 Å². The average Bonchev–Trinajstić information content (AvgIpc) is 3.26. The van der Waals surface area contributed by atoms with Gasteiger partial charge in [0.1, 0.15) is 10.7 Å². The van der Waals surface area contributed by atoms with E-state index < -0.39 is 0 Å². The molecule has 4 rings (SSSR count). The van der Waals surface area contributed by atoms with Crippen LogP contribution in [0.2, 0.25) is 0 Å². The molecule has 1 atom stereocenters. The Labute approximate surface area is 180 Å². The number of thioether (sulfide) groups is 1. The number of anilines is 1. The smallest absolute Gasteiger partial charge is 0.259 e. The van der Waals surface area contributed by atoms with Crippen LogP contribution in [0.4, 0.5) is 5.13 Å².